The van der Waals surface area contributed by atoms with Gasteiger partial charge in [-0.25, -0.2) is 10.3 Å². The fourth-order valence-electron chi connectivity index (χ4n) is 1.86. The smallest absolute Gasteiger partial charge is 0.238 e. The highest BCUT2D eigenvalue weighted by molar-refractivity contribution is 6.30. The second-order valence-corrected chi connectivity index (χ2v) is 5.86. The number of nitrogens with two attached hydrogens (primary N) is 2. The van der Waals surface area contributed by atoms with Crippen molar-refractivity contribution in [1.82, 2.24) is 10.7 Å². The zero-order chi connectivity index (χ0) is 18.9. The minimum atomic E-state index is -0.417. The molecule has 0 aliphatic carbocycles. The number of nitrogens with zero attached hydrogens (tertiary/aromatic N) is 2. The molecular weight excluding hydrogens is 356 g/mol. The highest BCUT2D eigenvalue weighted by Crippen LogP contribution is 2.10. The summed E-state index contributed by atoms with van der Waals surface area (Å²) in [6.07, 6.45) is 0. The van der Waals surface area contributed by atoms with Crippen molar-refractivity contribution < 1.29 is 9.68 Å². The lowest BCUT2D eigenvalue weighted by Gasteiger charge is -2.17. The van der Waals surface area contributed by atoms with Gasteiger partial charge >= 0.3 is 0 Å². The molecule has 6 N–H and O–H groups in total. The molecule has 0 unspecified atom stereocenters. The van der Waals surface area contributed by atoms with E-state index in [1.54, 1.807) is 12.1 Å². The van der Waals surface area contributed by atoms with Crippen LogP contribution in [0.3, 0.4) is 0 Å². The highest BCUT2D eigenvalue weighted by atomic mass is 35.5. The SMILES string of the molecule is Cc1ccc(CON(N=C(N)NOCc2ccc(Cl)cc2)C(=N)N)cc1. The van der Waals surface area contributed by atoms with E-state index < -0.39 is 5.96 Å². The first-order valence-corrected chi connectivity index (χ1v) is 8.11. The number of aryl methyl sites for hydroxylation is 1. The van der Waals surface area contributed by atoms with E-state index in [9.17, 15) is 0 Å². The first-order valence-electron chi connectivity index (χ1n) is 7.73. The number of hydrazone groups is 1. The molecule has 0 aromatic heterocycles. The van der Waals surface area contributed by atoms with E-state index in [1.165, 1.54) is 0 Å². The van der Waals surface area contributed by atoms with E-state index in [4.69, 9.17) is 38.2 Å². The predicted molar refractivity (Wildman–Crippen MR) is 101 cm³/mol. The molecule has 2 aromatic rings. The predicted octanol–water partition coefficient (Wildman–Crippen LogP) is 2.23. The fourth-order valence-corrected chi connectivity index (χ4v) is 1.99. The summed E-state index contributed by atoms with van der Waals surface area (Å²) in [5.41, 5.74) is 16.6. The summed E-state index contributed by atoms with van der Waals surface area (Å²) in [7, 11) is 0. The van der Waals surface area contributed by atoms with Crippen LogP contribution in [0, 0.1) is 12.3 Å². The Balaban J connectivity index is 1.84. The molecule has 8 nitrogen and oxygen atoms in total. The van der Waals surface area contributed by atoms with Crippen LogP contribution in [0.1, 0.15) is 16.7 Å². The molecule has 0 saturated heterocycles. The van der Waals surface area contributed by atoms with E-state index in [0.29, 0.717) is 5.02 Å². The summed E-state index contributed by atoms with van der Waals surface area (Å²) < 4.78 is 0. The van der Waals surface area contributed by atoms with Gasteiger partial charge in [0.2, 0.25) is 11.9 Å². The molecule has 0 fully saturated rings. The van der Waals surface area contributed by atoms with E-state index in [1.807, 2.05) is 43.3 Å². The third-order valence-electron chi connectivity index (χ3n) is 3.21. The molecule has 2 aromatic carbocycles. The normalized spacial score (nSPS) is 11.2. The molecule has 0 heterocycles. The summed E-state index contributed by atoms with van der Waals surface area (Å²) >= 11 is 5.82. The molecule has 26 heavy (non-hydrogen) atoms. The summed E-state index contributed by atoms with van der Waals surface area (Å²) in [6.45, 7) is 2.42. The quantitative estimate of drug-likeness (QED) is 0.334. The van der Waals surface area contributed by atoms with Crippen molar-refractivity contribution >= 4 is 23.5 Å². The average molecular weight is 377 g/mol. The number of hydrogen-bond acceptors (Lipinski definition) is 4. The second-order valence-electron chi connectivity index (χ2n) is 5.42. The van der Waals surface area contributed by atoms with Gasteiger partial charge in [0.15, 0.2) is 0 Å². The van der Waals surface area contributed by atoms with Gasteiger partial charge in [0.1, 0.15) is 6.61 Å². The Morgan fingerprint density at radius 2 is 1.65 bits per heavy atom. The molecule has 0 atom stereocenters. The van der Waals surface area contributed by atoms with Crippen molar-refractivity contribution in [3.05, 3.63) is 70.2 Å². The van der Waals surface area contributed by atoms with Gasteiger partial charge in [0.05, 0.1) is 6.61 Å². The van der Waals surface area contributed by atoms with Crippen LogP contribution >= 0.6 is 11.6 Å². The first-order chi connectivity index (χ1) is 12.4. The summed E-state index contributed by atoms with van der Waals surface area (Å²) in [4.78, 5) is 10.6. The molecular formula is C17H21ClN6O2. The van der Waals surface area contributed by atoms with Crippen molar-refractivity contribution in [1.29, 1.82) is 5.41 Å². The lowest BCUT2D eigenvalue weighted by Crippen LogP contribution is -2.39. The average Bonchev–Trinajstić information content (AvgIpc) is 2.61. The largest absolute Gasteiger partial charge is 0.367 e. The second kappa shape index (κ2) is 9.62. The molecule has 138 valence electrons. The van der Waals surface area contributed by atoms with Gasteiger partial charge in [0, 0.05) is 5.02 Å². The third kappa shape index (κ3) is 6.60. The van der Waals surface area contributed by atoms with Crippen LogP contribution in [-0.4, -0.2) is 17.1 Å². The Labute approximate surface area is 156 Å². The number of hydrogen-bond donors (Lipinski definition) is 4. The lowest BCUT2D eigenvalue weighted by molar-refractivity contribution is -0.113. The van der Waals surface area contributed by atoms with Crippen molar-refractivity contribution in [3.63, 3.8) is 0 Å². The van der Waals surface area contributed by atoms with Crippen LogP contribution in [0.2, 0.25) is 5.02 Å². The Morgan fingerprint density at radius 3 is 2.27 bits per heavy atom. The Hall–Kier alpha value is -2.81. The Morgan fingerprint density at radius 1 is 1.08 bits per heavy atom. The molecule has 0 amide bonds. The van der Waals surface area contributed by atoms with Crippen LogP contribution in [0.4, 0.5) is 0 Å². The maximum Gasteiger partial charge on any atom is 0.238 e. The fraction of sp³-hybridized carbons (Fsp3) is 0.176. The monoisotopic (exact) mass is 376 g/mol. The molecule has 2 rings (SSSR count). The topological polar surface area (TPSA) is 122 Å². The molecule has 0 bridgehead atoms. The zero-order valence-corrected chi connectivity index (χ0v) is 15.0. The minimum absolute atomic E-state index is 0.113. The third-order valence-corrected chi connectivity index (χ3v) is 3.46. The first kappa shape index (κ1) is 19.5. The summed E-state index contributed by atoms with van der Waals surface area (Å²) in [6, 6.07) is 14.9. The molecule has 9 heteroatoms. The van der Waals surface area contributed by atoms with Gasteiger partial charge in [-0.15, -0.1) is 5.10 Å². The number of nitrogens with one attached hydrogen (secondary N) is 2. The number of benzene rings is 2. The van der Waals surface area contributed by atoms with Crippen molar-refractivity contribution in [2.45, 2.75) is 20.1 Å². The van der Waals surface area contributed by atoms with Gasteiger partial charge in [-0.05, 0) is 30.2 Å². The van der Waals surface area contributed by atoms with Crippen LogP contribution in [0.5, 0.6) is 0 Å². The van der Waals surface area contributed by atoms with E-state index >= 15 is 0 Å². The summed E-state index contributed by atoms with van der Waals surface area (Å²) in [5.74, 6) is -0.530. The number of rotatable bonds is 7. The van der Waals surface area contributed by atoms with Gasteiger partial charge in [-0.3, -0.25) is 10.2 Å². The molecule has 0 saturated carbocycles. The van der Waals surface area contributed by atoms with Gasteiger partial charge in [0.25, 0.3) is 0 Å². The Kier molecular flexibility index (Phi) is 7.22. The molecule has 0 spiro atoms. The number of halogens is 1. The van der Waals surface area contributed by atoms with Crippen molar-refractivity contribution in [3.8, 4) is 0 Å². The highest BCUT2D eigenvalue weighted by Gasteiger charge is 2.08. The number of guanidine groups is 2. The van der Waals surface area contributed by atoms with E-state index in [0.717, 1.165) is 21.9 Å². The minimum Gasteiger partial charge on any atom is -0.367 e. The maximum absolute atomic E-state index is 7.51. The van der Waals surface area contributed by atoms with Gasteiger partial charge in [-0.2, -0.15) is 0 Å². The van der Waals surface area contributed by atoms with Crippen molar-refractivity contribution in [2.24, 2.45) is 16.6 Å². The lowest BCUT2D eigenvalue weighted by atomic mass is 10.2. The van der Waals surface area contributed by atoms with E-state index in [2.05, 4.69) is 10.6 Å². The Bertz CT molecular complexity index is 749. The zero-order valence-electron chi connectivity index (χ0n) is 14.3. The van der Waals surface area contributed by atoms with Crippen molar-refractivity contribution in [2.75, 3.05) is 0 Å². The van der Waals surface area contributed by atoms with Crippen LogP contribution in [-0.2, 0) is 22.9 Å². The maximum atomic E-state index is 7.51. The van der Waals surface area contributed by atoms with Gasteiger partial charge < -0.3 is 11.5 Å². The number of hydroxylamine groups is 2. The van der Waals surface area contributed by atoms with Crippen LogP contribution < -0.4 is 16.9 Å². The molecule has 0 radical (unpaired) electrons. The van der Waals surface area contributed by atoms with Crippen LogP contribution in [0.25, 0.3) is 0 Å². The molecule has 0 aliphatic rings. The van der Waals surface area contributed by atoms with Gasteiger partial charge in [-0.1, -0.05) is 58.7 Å². The standard InChI is InChI=1S/C17H21ClN6O2/c1-12-2-4-14(5-3-12)11-26-24(16(19)20)22-17(21)23-25-10-13-6-8-15(18)9-7-13/h2-9H,10-11H2,1H3,(H3,19,20)(H3,21,22,23). The van der Waals surface area contributed by atoms with Crippen LogP contribution in [0.15, 0.2) is 53.6 Å². The summed E-state index contributed by atoms with van der Waals surface area (Å²) in [5, 5.41) is 12.8. The molecule has 0 aliphatic heterocycles. The van der Waals surface area contributed by atoms with E-state index in [-0.39, 0.29) is 19.2 Å².